The van der Waals surface area contributed by atoms with Gasteiger partial charge in [-0.1, -0.05) is 30.7 Å². The number of hydrogen-bond donors (Lipinski definition) is 1. The Kier molecular flexibility index (Phi) is 4.48. The number of aromatic carboxylic acids is 1. The van der Waals surface area contributed by atoms with Crippen LogP contribution in [0.2, 0.25) is 5.02 Å². The largest absolute Gasteiger partial charge is 0.477 e. The number of nitrogens with zero attached hydrogens (tertiary/aromatic N) is 1. The summed E-state index contributed by atoms with van der Waals surface area (Å²) in [6, 6.07) is 8.61. The van der Waals surface area contributed by atoms with Gasteiger partial charge in [-0.3, -0.25) is 4.79 Å². The van der Waals surface area contributed by atoms with Gasteiger partial charge < -0.3 is 9.67 Å². The van der Waals surface area contributed by atoms with Gasteiger partial charge in [-0.05, 0) is 42.7 Å². The van der Waals surface area contributed by atoms with E-state index in [-0.39, 0.29) is 5.56 Å². The van der Waals surface area contributed by atoms with Crippen LogP contribution in [0, 0.1) is 6.92 Å². The highest BCUT2D eigenvalue weighted by atomic mass is 35.5. The number of carboxylic acids is 1. The quantitative estimate of drug-likeness (QED) is 0.944. The van der Waals surface area contributed by atoms with E-state index in [4.69, 9.17) is 16.7 Å². The second kappa shape index (κ2) is 6.14. The summed E-state index contributed by atoms with van der Waals surface area (Å²) in [6.07, 6.45) is 0.661. The predicted molar refractivity (Wildman–Crippen MR) is 82.3 cm³/mol. The zero-order valence-electron chi connectivity index (χ0n) is 11.9. The summed E-state index contributed by atoms with van der Waals surface area (Å²) in [6.45, 7) is 4.10. The molecule has 1 aromatic carbocycles. The lowest BCUT2D eigenvalue weighted by atomic mass is 10.1. The molecule has 0 amide bonds. The van der Waals surface area contributed by atoms with E-state index in [0.717, 1.165) is 16.8 Å². The number of aryl methyl sites for hydroxylation is 1. The molecule has 0 bridgehead atoms. The molecule has 0 spiro atoms. The van der Waals surface area contributed by atoms with Crippen molar-refractivity contribution in [1.29, 1.82) is 0 Å². The first-order valence-corrected chi connectivity index (χ1v) is 7.03. The Hall–Kier alpha value is -2.07. The van der Waals surface area contributed by atoms with Crippen LogP contribution in [-0.4, -0.2) is 15.6 Å². The Bertz CT molecular complexity index is 732. The SMILES string of the molecule is CCc1c(C)cc(C(=O)O)c(=O)n1Cc1ccc(Cl)cc1. The number of halogens is 1. The van der Waals surface area contributed by atoms with Crippen molar-refractivity contribution >= 4 is 17.6 Å². The molecule has 0 aliphatic heterocycles. The van der Waals surface area contributed by atoms with E-state index in [1.165, 1.54) is 10.6 Å². The highest BCUT2D eigenvalue weighted by Crippen LogP contribution is 2.14. The molecule has 0 radical (unpaired) electrons. The minimum atomic E-state index is -1.20. The lowest BCUT2D eigenvalue weighted by Crippen LogP contribution is -2.30. The molecular weight excluding hydrogens is 290 g/mol. The lowest BCUT2D eigenvalue weighted by Gasteiger charge is -2.15. The second-order valence-corrected chi connectivity index (χ2v) is 5.30. The average Bonchev–Trinajstić information content (AvgIpc) is 2.44. The highest BCUT2D eigenvalue weighted by molar-refractivity contribution is 6.30. The third kappa shape index (κ3) is 3.16. The van der Waals surface area contributed by atoms with Gasteiger partial charge in [0.05, 0.1) is 6.54 Å². The van der Waals surface area contributed by atoms with Crippen molar-refractivity contribution in [1.82, 2.24) is 4.57 Å². The van der Waals surface area contributed by atoms with Gasteiger partial charge in [0, 0.05) is 10.7 Å². The Morgan fingerprint density at radius 3 is 2.43 bits per heavy atom. The summed E-state index contributed by atoms with van der Waals surface area (Å²) in [5.41, 5.74) is 1.89. The number of hydrogen-bond acceptors (Lipinski definition) is 2. The van der Waals surface area contributed by atoms with E-state index in [1.54, 1.807) is 12.1 Å². The van der Waals surface area contributed by atoms with Gasteiger partial charge in [0.2, 0.25) is 0 Å². The van der Waals surface area contributed by atoms with Crippen LogP contribution in [0.25, 0.3) is 0 Å². The third-order valence-electron chi connectivity index (χ3n) is 3.44. The molecule has 1 aromatic heterocycles. The zero-order chi connectivity index (χ0) is 15.6. The summed E-state index contributed by atoms with van der Waals surface area (Å²) in [5, 5.41) is 9.77. The number of pyridine rings is 1. The minimum absolute atomic E-state index is 0.196. The standard InChI is InChI=1S/C16H16ClNO3/c1-3-14-10(2)8-13(16(20)21)15(19)18(14)9-11-4-6-12(17)7-5-11/h4-8H,3,9H2,1-2H3,(H,20,21). The minimum Gasteiger partial charge on any atom is -0.477 e. The van der Waals surface area contributed by atoms with Gasteiger partial charge in [-0.15, -0.1) is 0 Å². The molecule has 0 saturated heterocycles. The normalized spacial score (nSPS) is 10.6. The number of aromatic nitrogens is 1. The van der Waals surface area contributed by atoms with Crippen LogP contribution in [0.4, 0.5) is 0 Å². The number of carboxylic acid groups (broad SMARTS) is 1. The van der Waals surface area contributed by atoms with Crippen molar-refractivity contribution < 1.29 is 9.90 Å². The molecule has 21 heavy (non-hydrogen) atoms. The fraction of sp³-hybridized carbons (Fsp3) is 0.250. The van der Waals surface area contributed by atoms with E-state index >= 15 is 0 Å². The van der Waals surface area contributed by atoms with Gasteiger partial charge in [-0.25, -0.2) is 4.79 Å². The van der Waals surface area contributed by atoms with Crippen LogP contribution < -0.4 is 5.56 Å². The number of benzene rings is 1. The fourth-order valence-corrected chi connectivity index (χ4v) is 2.53. The summed E-state index contributed by atoms with van der Waals surface area (Å²) in [4.78, 5) is 23.6. The Morgan fingerprint density at radius 2 is 1.90 bits per heavy atom. The first-order valence-electron chi connectivity index (χ1n) is 6.65. The van der Waals surface area contributed by atoms with E-state index < -0.39 is 11.5 Å². The van der Waals surface area contributed by atoms with E-state index in [9.17, 15) is 9.59 Å². The van der Waals surface area contributed by atoms with Crippen LogP contribution in [-0.2, 0) is 13.0 Å². The zero-order valence-corrected chi connectivity index (χ0v) is 12.6. The van der Waals surface area contributed by atoms with Crippen LogP contribution in [0.5, 0.6) is 0 Å². The Morgan fingerprint density at radius 1 is 1.29 bits per heavy atom. The molecular formula is C16H16ClNO3. The van der Waals surface area contributed by atoms with Gasteiger partial charge in [0.25, 0.3) is 5.56 Å². The second-order valence-electron chi connectivity index (χ2n) is 4.86. The lowest BCUT2D eigenvalue weighted by molar-refractivity contribution is 0.0694. The molecule has 2 rings (SSSR count). The predicted octanol–water partition coefficient (Wildman–Crippen LogP) is 3.12. The molecule has 0 aliphatic rings. The summed E-state index contributed by atoms with van der Waals surface area (Å²) < 4.78 is 1.53. The van der Waals surface area contributed by atoms with Crippen molar-refractivity contribution in [3.05, 3.63) is 68.1 Å². The van der Waals surface area contributed by atoms with Crippen LogP contribution in [0.3, 0.4) is 0 Å². The summed E-state index contributed by atoms with van der Waals surface area (Å²) >= 11 is 5.85. The molecule has 0 saturated carbocycles. The number of rotatable bonds is 4. The molecule has 5 heteroatoms. The van der Waals surface area contributed by atoms with E-state index in [2.05, 4.69) is 0 Å². The molecule has 0 atom stereocenters. The summed E-state index contributed by atoms with van der Waals surface area (Å²) in [5.74, 6) is -1.20. The van der Waals surface area contributed by atoms with Crippen molar-refractivity contribution in [2.45, 2.75) is 26.8 Å². The molecule has 0 fully saturated rings. The Balaban J connectivity index is 2.57. The fourth-order valence-electron chi connectivity index (χ4n) is 2.40. The highest BCUT2D eigenvalue weighted by Gasteiger charge is 2.16. The van der Waals surface area contributed by atoms with Crippen molar-refractivity contribution in [2.24, 2.45) is 0 Å². The van der Waals surface area contributed by atoms with E-state index in [1.807, 2.05) is 26.0 Å². The topological polar surface area (TPSA) is 59.3 Å². The van der Waals surface area contributed by atoms with Crippen LogP contribution in [0.15, 0.2) is 35.1 Å². The number of carbonyl (C=O) groups is 1. The van der Waals surface area contributed by atoms with Gasteiger partial charge in [0.1, 0.15) is 5.56 Å². The average molecular weight is 306 g/mol. The molecule has 0 aliphatic carbocycles. The van der Waals surface area contributed by atoms with Gasteiger partial charge in [0.15, 0.2) is 0 Å². The van der Waals surface area contributed by atoms with Crippen molar-refractivity contribution in [2.75, 3.05) is 0 Å². The molecule has 4 nitrogen and oxygen atoms in total. The van der Waals surface area contributed by atoms with Gasteiger partial charge in [-0.2, -0.15) is 0 Å². The molecule has 110 valence electrons. The Labute approximate surface area is 127 Å². The molecule has 1 N–H and O–H groups in total. The molecule has 1 heterocycles. The smallest absolute Gasteiger partial charge is 0.341 e. The maximum absolute atomic E-state index is 12.4. The first kappa shape index (κ1) is 15.3. The van der Waals surface area contributed by atoms with Crippen LogP contribution in [0.1, 0.15) is 34.1 Å². The first-order chi connectivity index (χ1) is 9.93. The van der Waals surface area contributed by atoms with Gasteiger partial charge >= 0.3 is 5.97 Å². The maximum Gasteiger partial charge on any atom is 0.341 e. The molecule has 2 aromatic rings. The van der Waals surface area contributed by atoms with Crippen LogP contribution >= 0.6 is 11.6 Å². The van der Waals surface area contributed by atoms with Crippen molar-refractivity contribution in [3.8, 4) is 0 Å². The maximum atomic E-state index is 12.4. The summed E-state index contributed by atoms with van der Waals surface area (Å²) in [7, 11) is 0. The monoisotopic (exact) mass is 305 g/mol. The third-order valence-corrected chi connectivity index (χ3v) is 3.69. The van der Waals surface area contributed by atoms with E-state index in [0.29, 0.717) is 18.0 Å². The molecule has 0 unspecified atom stereocenters. The van der Waals surface area contributed by atoms with Crippen molar-refractivity contribution in [3.63, 3.8) is 0 Å².